The number of carbonyl (C=O) groups is 1. The van der Waals surface area contributed by atoms with Gasteiger partial charge in [-0.2, -0.15) is 25.8 Å². The third-order valence-corrected chi connectivity index (χ3v) is 8.26. The molecule has 2 aliphatic heterocycles. The Hall–Kier alpha value is -2.86. The molecule has 2 aromatic rings. The van der Waals surface area contributed by atoms with Gasteiger partial charge < -0.3 is 19.1 Å². The van der Waals surface area contributed by atoms with Crippen molar-refractivity contribution < 1.29 is 41.0 Å². The molecule has 2 aromatic carbocycles. The molecule has 2 saturated heterocycles. The maximum Gasteiger partial charge on any atom is 0.416 e. The Morgan fingerprint density at radius 2 is 1.86 bits per heavy atom. The second kappa shape index (κ2) is 14.3. The third-order valence-electron chi connectivity index (χ3n) is 7.85. The summed E-state index contributed by atoms with van der Waals surface area (Å²) < 4.78 is 84.3. The van der Waals surface area contributed by atoms with Gasteiger partial charge in [0.2, 0.25) is 0 Å². The van der Waals surface area contributed by atoms with Crippen molar-refractivity contribution in [1.82, 2.24) is 4.90 Å². The monoisotopic (exact) mass is 628 g/mol. The van der Waals surface area contributed by atoms with E-state index in [9.17, 15) is 26.7 Å². The Morgan fingerprint density at radius 3 is 2.49 bits per heavy atom. The molecule has 0 spiro atoms. The number of aliphatic imine (C=N–C) groups is 1. The van der Waals surface area contributed by atoms with Crippen LogP contribution in [0, 0.1) is 5.92 Å². The van der Waals surface area contributed by atoms with E-state index in [0.717, 1.165) is 63.9 Å². The molecule has 0 bridgehead atoms. The first kappa shape index (κ1) is 33.0. The summed E-state index contributed by atoms with van der Waals surface area (Å²) in [6.07, 6.45) is 2.95. The summed E-state index contributed by atoms with van der Waals surface area (Å²) in [4.78, 5) is 18.8. The van der Waals surface area contributed by atoms with Crippen LogP contribution in [0.5, 0.6) is 11.5 Å². The normalized spacial score (nSPS) is 19.2. The van der Waals surface area contributed by atoms with E-state index in [1.807, 2.05) is 0 Å². The van der Waals surface area contributed by atoms with Gasteiger partial charge in [0.1, 0.15) is 6.61 Å². The number of hydrogen-bond acceptors (Lipinski definition) is 5. The summed E-state index contributed by atoms with van der Waals surface area (Å²) in [6, 6.07) is 7.05. The van der Waals surface area contributed by atoms with E-state index < -0.39 is 35.1 Å². The first-order chi connectivity index (χ1) is 20.3. The van der Waals surface area contributed by atoms with Crippen molar-refractivity contribution in [3.8, 4) is 11.5 Å². The van der Waals surface area contributed by atoms with Crippen molar-refractivity contribution in [2.75, 3.05) is 26.8 Å². The van der Waals surface area contributed by atoms with Gasteiger partial charge in [0.15, 0.2) is 11.5 Å². The highest BCUT2D eigenvalue weighted by Crippen LogP contribution is 2.37. The van der Waals surface area contributed by atoms with Gasteiger partial charge in [-0.05, 0) is 79.8 Å². The number of likely N-dealkylation sites (tertiary alicyclic amines) is 1. The van der Waals surface area contributed by atoms with Gasteiger partial charge in [-0.15, -0.1) is 0 Å². The Labute approximate surface area is 254 Å². The third kappa shape index (κ3) is 9.31. The number of hydrogen-bond donors (Lipinski definition) is 1. The first-order valence-electron chi connectivity index (χ1n) is 14.3. The fourth-order valence-electron chi connectivity index (χ4n) is 5.44. The van der Waals surface area contributed by atoms with Crippen molar-refractivity contribution in [2.24, 2.45) is 10.9 Å². The lowest BCUT2D eigenvalue weighted by Gasteiger charge is -2.31. The van der Waals surface area contributed by atoms with E-state index in [1.165, 1.54) is 7.11 Å². The topological polar surface area (TPSA) is 60.4 Å². The molecule has 0 radical (unpaired) electrons. The van der Waals surface area contributed by atoms with Crippen LogP contribution in [0.25, 0.3) is 0 Å². The van der Waals surface area contributed by atoms with Gasteiger partial charge in [0, 0.05) is 32.2 Å². The predicted molar refractivity (Wildman–Crippen MR) is 156 cm³/mol. The molecule has 4 rings (SSSR count). The Balaban J connectivity index is 1.31. The predicted octanol–water partition coefficient (Wildman–Crippen LogP) is 7.08. The average molecular weight is 629 g/mol. The SMILES string of the molecule is COc1cc(CC(S)C(=O)N=CN2CCC(CC3CCCO3)CC2)ccc1OCc1ccc(C(F)(F)F)cc1C(C)(F)F. The van der Waals surface area contributed by atoms with Crippen LogP contribution in [0.2, 0.25) is 0 Å². The molecule has 0 aromatic heterocycles. The van der Waals surface area contributed by atoms with Crippen molar-refractivity contribution in [3.63, 3.8) is 0 Å². The summed E-state index contributed by atoms with van der Waals surface area (Å²) in [5.74, 6) is -2.77. The van der Waals surface area contributed by atoms with Gasteiger partial charge in [0.25, 0.3) is 11.8 Å². The number of benzene rings is 2. The molecule has 6 nitrogen and oxygen atoms in total. The van der Waals surface area contributed by atoms with Crippen molar-refractivity contribution in [1.29, 1.82) is 0 Å². The van der Waals surface area contributed by atoms with E-state index in [-0.39, 0.29) is 29.4 Å². The lowest BCUT2D eigenvalue weighted by molar-refractivity contribution is -0.137. The minimum Gasteiger partial charge on any atom is -0.493 e. The fourth-order valence-corrected chi connectivity index (χ4v) is 5.72. The number of halogens is 5. The number of ether oxygens (including phenoxy) is 3. The molecule has 0 N–H and O–H groups in total. The van der Waals surface area contributed by atoms with E-state index >= 15 is 0 Å². The molecule has 0 aliphatic carbocycles. The van der Waals surface area contributed by atoms with Crippen molar-refractivity contribution in [2.45, 2.75) is 75.5 Å². The molecule has 2 aliphatic rings. The summed E-state index contributed by atoms with van der Waals surface area (Å²) in [6.45, 7) is 2.68. The zero-order valence-electron chi connectivity index (χ0n) is 24.2. The molecule has 2 fully saturated rings. The van der Waals surface area contributed by atoms with Crippen LogP contribution in [-0.2, 0) is 34.7 Å². The highest BCUT2D eigenvalue weighted by molar-refractivity contribution is 7.81. The summed E-state index contributed by atoms with van der Waals surface area (Å²) >= 11 is 4.44. The molecule has 43 heavy (non-hydrogen) atoms. The standard InChI is InChI=1S/C31H37F5N2O4S/c1-30(32,33)25-17-23(31(34,35)36)7-6-22(25)18-42-26-8-5-21(15-27(26)40-2)16-28(43)29(39)37-19-38-11-9-20(10-12-38)14-24-4-3-13-41-24/h5-8,15,17,19-20,24,28,43H,3-4,9-14,16,18H2,1-2H3. The summed E-state index contributed by atoms with van der Waals surface area (Å²) in [7, 11) is 1.40. The Morgan fingerprint density at radius 1 is 1.12 bits per heavy atom. The van der Waals surface area contributed by atoms with Gasteiger partial charge >= 0.3 is 6.18 Å². The lowest BCUT2D eigenvalue weighted by atomic mass is 9.90. The number of rotatable bonds is 11. The number of carbonyl (C=O) groups excluding carboxylic acids is 1. The van der Waals surface area contributed by atoms with E-state index in [2.05, 4.69) is 22.5 Å². The van der Waals surface area contributed by atoms with Crippen LogP contribution in [0.1, 0.15) is 61.3 Å². The average Bonchev–Trinajstić information content (AvgIpc) is 3.47. The minimum atomic E-state index is -4.75. The lowest BCUT2D eigenvalue weighted by Crippen LogP contribution is -2.34. The number of nitrogens with zero attached hydrogens (tertiary/aromatic N) is 2. The molecular formula is C31H37F5N2O4S. The second-order valence-electron chi connectivity index (χ2n) is 11.2. The Kier molecular flexibility index (Phi) is 11.0. The number of alkyl halides is 5. The van der Waals surface area contributed by atoms with Crippen LogP contribution in [0.3, 0.4) is 0 Å². The highest BCUT2D eigenvalue weighted by atomic mass is 32.1. The largest absolute Gasteiger partial charge is 0.493 e. The van der Waals surface area contributed by atoms with Crippen molar-refractivity contribution in [3.05, 3.63) is 58.7 Å². The van der Waals surface area contributed by atoms with Crippen LogP contribution in [0.4, 0.5) is 22.0 Å². The number of methoxy groups -OCH3 is 1. The quantitative estimate of drug-likeness (QED) is 0.125. The van der Waals surface area contributed by atoms with Crippen LogP contribution in [-0.4, -0.2) is 55.3 Å². The smallest absolute Gasteiger partial charge is 0.416 e. The molecular weight excluding hydrogens is 591 g/mol. The summed E-state index contributed by atoms with van der Waals surface area (Å²) in [5.41, 5.74) is -1.31. The molecule has 12 heteroatoms. The number of piperidine rings is 1. The van der Waals surface area contributed by atoms with E-state index in [4.69, 9.17) is 14.2 Å². The second-order valence-corrected chi connectivity index (χ2v) is 11.8. The first-order valence-corrected chi connectivity index (χ1v) is 14.8. The van der Waals surface area contributed by atoms with Crippen LogP contribution >= 0.6 is 12.6 Å². The van der Waals surface area contributed by atoms with Crippen LogP contribution < -0.4 is 9.47 Å². The van der Waals surface area contributed by atoms with E-state index in [1.54, 1.807) is 24.5 Å². The fraction of sp³-hybridized carbons (Fsp3) is 0.548. The van der Waals surface area contributed by atoms with Crippen LogP contribution in [0.15, 0.2) is 41.4 Å². The molecule has 2 atom stereocenters. The zero-order chi connectivity index (χ0) is 31.2. The number of amides is 1. The minimum absolute atomic E-state index is 0.0856. The van der Waals surface area contributed by atoms with E-state index in [0.29, 0.717) is 30.6 Å². The molecule has 1 amide bonds. The number of thiol groups is 1. The summed E-state index contributed by atoms with van der Waals surface area (Å²) in [5, 5.41) is -0.703. The Bertz CT molecular complexity index is 1270. The maximum absolute atomic E-state index is 14.1. The molecule has 236 valence electrons. The van der Waals surface area contributed by atoms with Gasteiger partial charge in [0.05, 0.1) is 30.4 Å². The molecule has 0 saturated carbocycles. The van der Waals surface area contributed by atoms with Gasteiger partial charge in [-0.25, -0.2) is 13.8 Å². The maximum atomic E-state index is 14.1. The van der Waals surface area contributed by atoms with Gasteiger partial charge in [-0.3, -0.25) is 4.79 Å². The van der Waals surface area contributed by atoms with Crippen molar-refractivity contribution >= 4 is 24.9 Å². The molecule has 2 heterocycles. The zero-order valence-corrected chi connectivity index (χ0v) is 25.1. The van der Waals surface area contributed by atoms with Gasteiger partial charge in [-0.1, -0.05) is 12.1 Å². The highest BCUT2D eigenvalue weighted by Gasteiger charge is 2.35. The molecule has 2 unspecified atom stereocenters.